The van der Waals surface area contributed by atoms with Gasteiger partial charge in [-0.25, -0.2) is 0 Å². The summed E-state index contributed by atoms with van der Waals surface area (Å²) in [6.45, 7) is 9.96. The predicted octanol–water partition coefficient (Wildman–Crippen LogP) is 0.659. The Morgan fingerprint density at radius 2 is 2.00 bits per heavy atom. The van der Waals surface area contributed by atoms with Crippen molar-refractivity contribution in [2.24, 2.45) is 5.73 Å². The first kappa shape index (κ1) is 11.4. The molecule has 11 heavy (non-hydrogen) atoms. The molecular formula is C7H21NOSi2. The lowest BCUT2D eigenvalue weighted by atomic mass is 10.3. The zero-order valence-corrected chi connectivity index (χ0v) is 10.6. The highest BCUT2D eigenvalue weighted by Gasteiger charge is 2.14. The van der Waals surface area contributed by atoms with Crippen molar-refractivity contribution >= 4 is 16.9 Å². The fourth-order valence-electron chi connectivity index (χ4n) is 0.634. The van der Waals surface area contributed by atoms with Crippen LogP contribution in [0.25, 0.3) is 0 Å². The van der Waals surface area contributed by atoms with E-state index in [2.05, 4.69) is 26.6 Å². The van der Waals surface area contributed by atoms with Crippen LogP contribution in [0.1, 0.15) is 13.3 Å². The summed E-state index contributed by atoms with van der Waals surface area (Å²) in [6, 6.07) is 0.263. The summed E-state index contributed by atoms with van der Waals surface area (Å²) < 4.78 is 5.63. The monoisotopic (exact) mass is 191 g/mol. The van der Waals surface area contributed by atoms with Crippen LogP contribution in [-0.4, -0.2) is 29.5 Å². The SMILES string of the molecule is CCC(N)CO[SiH2][Si](C)(C)C. The minimum Gasteiger partial charge on any atom is -0.426 e. The van der Waals surface area contributed by atoms with E-state index in [1.807, 2.05) is 0 Å². The average Bonchev–Trinajstić information content (AvgIpc) is 1.85. The summed E-state index contributed by atoms with van der Waals surface area (Å²) >= 11 is 0. The van der Waals surface area contributed by atoms with Crippen molar-refractivity contribution < 1.29 is 4.43 Å². The summed E-state index contributed by atoms with van der Waals surface area (Å²) in [6.07, 6.45) is 1.03. The van der Waals surface area contributed by atoms with Gasteiger partial charge in [-0.2, -0.15) is 0 Å². The van der Waals surface area contributed by atoms with Crippen LogP contribution < -0.4 is 5.73 Å². The molecule has 2 N–H and O–H groups in total. The summed E-state index contributed by atoms with van der Waals surface area (Å²) in [5.41, 5.74) is 5.71. The van der Waals surface area contributed by atoms with E-state index in [0.29, 0.717) is 0 Å². The van der Waals surface area contributed by atoms with E-state index in [9.17, 15) is 0 Å². The molecule has 0 heterocycles. The number of nitrogens with two attached hydrogens (primary N) is 1. The molecule has 0 spiro atoms. The van der Waals surface area contributed by atoms with Gasteiger partial charge in [-0.05, 0) is 6.42 Å². The van der Waals surface area contributed by atoms with Crippen molar-refractivity contribution in [3.8, 4) is 0 Å². The van der Waals surface area contributed by atoms with Crippen molar-refractivity contribution in [2.75, 3.05) is 6.61 Å². The Labute approximate surface area is 73.2 Å². The summed E-state index contributed by atoms with van der Waals surface area (Å²) in [5.74, 6) is 0. The van der Waals surface area contributed by atoms with Crippen LogP contribution in [-0.2, 0) is 4.43 Å². The van der Waals surface area contributed by atoms with Gasteiger partial charge in [0.2, 0.25) is 0 Å². The van der Waals surface area contributed by atoms with E-state index < -0.39 is 7.59 Å². The standard InChI is InChI=1S/C7H21NOSi2/c1-5-7(8)6-9-10-11(2,3)4/h7H,5-6,8,10H2,1-4H3. The zero-order valence-electron chi connectivity index (χ0n) is 8.18. The van der Waals surface area contributed by atoms with Gasteiger partial charge in [0, 0.05) is 12.6 Å². The van der Waals surface area contributed by atoms with Gasteiger partial charge in [-0.1, -0.05) is 26.6 Å². The Hall–Kier alpha value is 0.354. The normalized spacial score (nSPS) is 16.1. The quantitative estimate of drug-likeness (QED) is 0.648. The maximum atomic E-state index is 5.71. The first-order valence-corrected chi connectivity index (χ1v) is 10.7. The van der Waals surface area contributed by atoms with Crippen molar-refractivity contribution in [3.05, 3.63) is 0 Å². The third kappa shape index (κ3) is 8.26. The maximum absolute atomic E-state index is 5.71. The lowest BCUT2D eigenvalue weighted by molar-refractivity contribution is 0.306. The average molecular weight is 191 g/mol. The highest BCUT2D eigenvalue weighted by atomic mass is 29.2. The predicted molar refractivity (Wildman–Crippen MR) is 56.1 cm³/mol. The molecule has 0 bridgehead atoms. The van der Waals surface area contributed by atoms with Crippen molar-refractivity contribution in [2.45, 2.75) is 39.0 Å². The smallest absolute Gasteiger partial charge is 0.150 e. The number of hydrogen-bond acceptors (Lipinski definition) is 2. The minimum atomic E-state index is -0.876. The Kier molecular flexibility index (Phi) is 5.24. The molecule has 1 unspecified atom stereocenters. The van der Waals surface area contributed by atoms with E-state index in [1.165, 1.54) is 0 Å². The molecule has 0 aliphatic rings. The molecule has 1 atom stereocenters. The minimum absolute atomic E-state index is 0.244. The summed E-state index contributed by atoms with van der Waals surface area (Å²) in [4.78, 5) is 0. The summed E-state index contributed by atoms with van der Waals surface area (Å²) in [7, 11) is -1.12. The van der Waals surface area contributed by atoms with Gasteiger partial charge >= 0.3 is 0 Å². The third-order valence-corrected chi connectivity index (χ3v) is 5.91. The Balaban J connectivity index is 3.28. The van der Waals surface area contributed by atoms with Gasteiger partial charge in [0.15, 0.2) is 0 Å². The molecule has 0 amide bonds. The highest BCUT2D eigenvalue weighted by Crippen LogP contribution is 1.98. The molecule has 0 fully saturated rings. The molecule has 0 aromatic carbocycles. The molecule has 0 aromatic heterocycles. The van der Waals surface area contributed by atoms with Crippen LogP contribution in [0.15, 0.2) is 0 Å². The number of rotatable bonds is 5. The molecule has 0 aromatic rings. The Morgan fingerprint density at radius 3 is 2.36 bits per heavy atom. The van der Waals surface area contributed by atoms with Crippen LogP contribution in [0.3, 0.4) is 0 Å². The second-order valence-electron chi connectivity index (χ2n) is 4.24. The van der Waals surface area contributed by atoms with E-state index in [1.54, 1.807) is 0 Å². The van der Waals surface area contributed by atoms with E-state index in [0.717, 1.165) is 13.0 Å². The first-order chi connectivity index (χ1) is 4.95. The zero-order chi connectivity index (χ0) is 8.91. The van der Waals surface area contributed by atoms with Gasteiger partial charge in [0.05, 0.1) is 7.59 Å². The third-order valence-electron chi connectivity index (χ3n) is 1.39. The molecule has 2 nitrogen and oxygen atoms in total. The van der Waals surface area contributed by atoms with Crippen molar-refractivity contribution in [1.82, 2.24) is 0 Å². The fourth-order valence-corrected chi connectivity index (χ4v) is 3.86. The van der Waals surface area contributed by atoms with E-state index >= 15 is 0 Å². The van der Waals surface area contributed by atoms with Crippen LogP contribution in [0, 0.1) is 0 Å². The maximum Gasteiger partial charge on any atom is 0.150 e. The van der Waals surface area contributed by atoms with Gasteiger partial charge in [0.1, 0.15) is 9.28 Å². The molecule has 0 rings (SSSR count). The van der Waals surface area contributed by atoms with Crippen LogP contribution in [0.5, 0.6) is 0 Å². The van der Waals surface area contributed by atoms with Crippen LogP contribution >= 0.6 is 0 Å². The molecular weight excluding hydrogens is 170 g/mol. The second-order valence-corrected chi connectivity index (χ2v) is 17.3. The van der Waals surface area contributed by atoms with Gasteiger partial charge in [-0.3, -0.25) is 0 Å². The molecule has 0 radical (unpaired) electrons. The molecule has 0 aliphatic carbocycles. The van der Waals surface area contributed by atoms with Crippen molar-refractivity contribution in [1.29, 1.82) is 0 Å². The topological polar surface area (TPSA) is 35.2 Å². The van der Waals surface area contributed by atoms with Gasteiger partial charge < -0.3 is 10.2 Å². The van der Waals surface area contributed by atoms with Gasteiger partial charge in [-0.15, -0.1) is 0 Å². The van der Waals surface area contributed by atoms with E-state index in [4.69, 9.17) is 10.2 Å². The van der Waals surface area contributed by atoms with Crippen LogP contribution in [0.2, 0.25) is 19.6 Å². The lowest BCUT2D eigenvalue weighted by Crippen LogP contribution is -2.35. The molecule has 68 valence electrons. The Morgan fingerprint density at radius 1 is 1.45 bits per heavy atom. The second kappa shape index (κ2) is 5.08. The molecule has 0 aliphatic heterocycles. The molecule has 4 heteroatoms. The van der Waals surface area contributed by atoms with Crippen molar-refractivity contribution in [3.63, 3.8) is 0 Å². The summed E-state index contributed by atoms with van der Waals surface area (Å²) in [5, 5.41) is 0. The molecule has 0 saturated carbocycles. The van der Waals surface area contributed by atoms with Crippen LogP contribution in [0.4, 0.5) is 0 Å². The fraction of sp³-hybridized carbons (Fsp3) is 1.00. The van der Waals surface area contributed by atoms with Gasteiger partial charge in [0.25, 0.3) is 0 Å². The largest absolute Gasteiger partial charge is 0.426 e. The Bertz CT molecular complexity index is 103. The first-order valence-electron chi connectivity index (χ1n) is 4.29. The van der Waals surface area contributed by atoms with E-state index in [-0.39, 0.29) is 15.3 Å². The number of hydrogen-bond donors (Lipinski definition) is 1. The molecule has 0 saturated heterocycles. The highest BCUT2D eigenvalue weighted by molar-refractivity contribution is 7.20. The lowest BCUT2D eigenvalue weighted by Gasteiger charge is -2.16.